The summed E-state index contributed by atoms with van der Waals surface area (Å²) in [7, 11) is 3.61. The van der Waals surface area contributed by atoms with Gasteiger partial charge in [0, 0.05) is 31.8 Å². The Bertz CT molecular complexity index is 753. The molecule has 1 aromatic carbocycles. The average Bonchev–Trinajstić information content (AvgIpc) is 3.01. The van der Waals surface area contributed by atoms with Crippen molar-refractivity contribution in [3.63, 3.8) is 0 Å². The summed E-state index contributed by atoms with van der Waals surface area (Å²) in [5.74, 6) is 0.572. The monoisotopic (exact) mass is 315 g/mol. The number of nitrogens with one attached hydrogen (secondary N) is 2. The molecular formula is C15H17N5O3. The summed E-state index contributed by atoms with van der Waals surface area (Å²) in [6.45, 7) is 0.160. The molecule has 0 fully saturated rings. The highest BCUT2D eigenvalue weighted by atomic mass is 16.5. The van der Waals surface area contributed by atoms with Crippen LogP contribution in [0.15, 0.2) is 22.7 Å². The first kappa shape index (κ1) is 15.0. The van der Waals surface area contributed by atoms with Gasteiger partial charge < -0.3 is 20.1 Å². The zero-order valence-corrected chi connectivity index (χ0v) is 12.9. The SMILES string of the molecule is CN(C)c1noc(CNC(=O)c2ccc3c(c2)CCC(=O)N3)n1. The van der Waals surface area contributed by atoms with Crippen molar-refractivity contribution in [1.82, 2.24) is 15.5 Å². The Morgan fingerprint density at radius 3 is 2.96 bits per heavy atom. The van der Waals surface area contributed by atoms with Crippen molar-refractivity contribution in [2.24, 2.45) is 0 Å². The highest BCUT2D eigenvalue weighted by Gasteiger charge is 2.17. The lowest BCUT2D eigenvalue weighted by Gasteiger charge is -2.17. The third-order valence-electron chi connectivity index (χ3n) is 3.52. The number of nitrogens with zero attached hydrogens (tertiary/aromatic N) is 3. The highest BCUT2D eigenvalue weighted by Crippen LogP contribution is 2.23. The van der Waals surface area contributed by atoms with Crippen LogP contribution in [0.1, 0.15) is 28.2 Å². The zero-order chi connectivity index (χ0) is 16.4. The molecule has 2 heterocycles. The largest absolute Gasteiger partial charge is 0.344 e. The Hall–Kier alpha value is -2.90. The van der Waals surface area contributed by atoms with Crippen LogP contribution < -0.4 is 15.5 Å². The fourth-order valence-electron chi connectivity index (χ4n) is 2.28. The van der Waals surface area contributed by atoms with Crippen LogP contribution >= 0.6 is 0 Å². The lowest BCUT2D eigenvalue weighted by molar-refractivity contribution is -0.116. The van der Waals surface area contributed by atoms with E-state index in [1.807, 2.05) is 0 Å². The molecule has 3 rings (SSSR count). The Labute approximate surface area is 132 Å². The Morgan fingerprint density at radius 2 is 2.22 bits per heavy atom. The maximum atomic E-state index is 12.2. The molecule has 120 valence electrons. The molecule has 2 N–H and O–H groups in total. The number of benzene rings is 1. The molecule has 2 aromatic rings. The van der Waals surface area contributed by atoms with Gasteiger partial charge in [-0.25, -0.2) is 0 Å². The predicted molar refractivity (Wildman–Crippen MR) is 83.2 cm³/mol. The van der Waals surface area contributed by atoms with Crippen molar-refractivity contribution >= 4 is 23.5 Å². The summed E-state index contributed by atoms with van der Waals surface area (Å²) in [5, 5.41) is 9.31. The maximum Gasteiger partial charge on any atom is 0.265 e. The molecule has 0 saturated heterocycles. The molecule has 1 aliphatic rings. The van der Waals surface area contributed by atoms with E-state index in [1.165, 1.54) is 0 Å². The average molecular weight is 315 g/mol. The summed E-state index contributed by atoms with van der Waals surface area (Å²) in [6.07, 6.45) is 1.07. The maximum absolute atomic E-state index is 12.2. The van der Waals surface area contributed by atoms with Crippen LogP contribution in [0.3, 0.4) is 0 Å². The van der Waals surface area contributed by atoms with E-state index >= 15 is 0 Å². The minimum Gasteiger partial charge on any atom is -0.344 e. The van der Waals surface area contributed by atoms with Crippen molar-refractivity contribution in [2.45, 2.75) is 19.4 Å². The summed E-state index contributed by atoms with van der Waals surface area (Å²) in [5.41, 5.74) is 2.27. The second-order valence-electron chi connectivity index (χ2n) is 5.49. The summed E-state index contributed by atoms with van der Waals surface area (Å²) in [4.78, 5) is 29.4. The molecule has 0 atom stereocenters. The van der Waals surface area contributed by atoms with Crippen LogP contribution in [0.2, 0.25) is 0 Å². The molecule has 8 nitrogen and oxygen atoms in total. The molecule has 23 heavy (non-hydrogen) atoms. The van der Waals surface area contributed by atoms with E-state index < -0.39 is 0 Å². The van der Waals surface area contributed by atoms with E-state index in [1.54, 1.807) is 37.2 Å². The lowest BCUT2D eigenvalue weighted by atomic mass is 10.00. The summed E-state index contributed by atoms with van der Waals surface area (Å²) >= 11 is 0. The van der Waals surface area contributed by atoms with Gasteiger partial charge in [0.05, 0.1) is 6.54 Å². The smallest absolute Gasteiger partial charge is 0.265 e. The molecule has 0 unspecified atom stereocenters. The van der Waals surface area contributed by atoms with Crippen molar-refractivity contribution in [1.29, 1.82) is 0 Å². The second kappa shape index (κ2) is 6.07. The molecule has 2 amide bonds. The third-order valence-corrected chi connectivity index (χ3v) is 3.52. The second-order valence-corrected chi connectivity index (χ2v) is 5.49. The van der Waals surface area contributed by atoms with Crippen molar-refractivity contribution in [3.05, 3.63) is 35.2 Å². The van der Waals surface area contributed by atoms with Gasteiger partial charge in [0.15, 0.2) is 0 Å². The number of hydrogen-bond acceptors (Lipinski definition) is 6. The van der Waals surface area contributed by atoms with E-state index in [2.05, 4.69) is 20.8 Å². The van der Waals surface area contributed by atoms with E-state index in [-0.39, 0.29) is 18.4 Å². The molecular weight excluding hydrogens is 298 g/mol. The Morgan fingerprint density at radius 1 is 1.39 bits per heavy atom. The highest BCUT2D eigenvalue weighted by molar-refractivity contribution is 5.97. The molecule has 1 aromatic heterocycles. The van der Waals surface area contributed by atoms with E-state index in [4.69, 9.17) is 4.52 Å². The molecule has 0 saturated carbocycles. The number of carbonyl (C=O) groups excluding carboxylic acids is 2. The standard InChI is InChI=1S/C15H17N5O3/c1-20(2)15-18-13(23-19-15)8-16-14(22)10-3-5-11-9(7-10)4-6-12(21)17-11/h3,5,7H,4,6,8H2,1-2H3,(H,16,22)(H,17,21). The van der Waals surface area contributed by atoms with Gasteiger partial charge in [-0.2, -0.15) is 4.98 Å². The molecule has 0 spiro atoms. The van der Waals surface area contributed by atoms with E-state index in [9.17, 15) is 9.59 Å². The normalized spacial score (nSPS) is 13.2. The summed E-state index contributed by atoms with van der Waals surface area (Å²) < 4.78 is 5.05. The van der Waals surface area contributed by atoms with Crippen molar-refractivity contribution < 1.29 is 14.1 Å². The molecule has 0 bridgehead atoms. The number of hydrogen-bond donors (Lipinski definition) is 2. The molecule has 1 aliphatic heterocycles. The van der Waals surface area contributed by atoms with Gasteiger partial charge in [-0.1, -0.05) is 0 Å². The van der Waals surface area contributed by atoms with Gasteiger partial charge >= 0.3 is 0 Å². The van der Waals surface area contributed by atoms with Crippen LogP contribution in [-0.2, 0) is 17.8 Å². The van der Waals surface area contributed by atoms with Crippen LogP contribution in [0, 0.1) is 0 Å². The minimum absolute atomic E-state index is 0.00258. The van der Waals surface area contributed by atoms with Gasteiger partial charge in [0.1, 0.15) is 0 Å². The van der Waals surface area contributed by atoms with Gasteiger partial charge in [-0.05, 0) is 35.3 Å². The number of amides is 2. The number of aromatic nitrogens is 2. The van der Waals surface area contributed by atoms with Crippen molar-refractivity contribution in [3.8, 4) is 0 Å². The predicted octanol–water partition coefficient (Wildman–Crippen LogP) is 0.950. The van der Waals surface area contributed by atoms with Crippen LogP contribution in [-0.4, -0.2) is 36.1 Å². The molecule has 0 aliphatic carbocycles. The third kappa shape index (κ3) is 3.31. The minimum atomic E-state index is -0.227. The van der Waals surface area contributed by atoms with Crippen LogP contribution in [0.25, 0.3) is 0 Å². The van der Waals surface area contributed by atoms with Crippen LogP contribution in [0.5, 0.6) is 0 Å². The van der Waals surface area contributed by atoms with Gasteiger partial charge in [-0.15, -0.1) is 0 Å². The first-order valence-corrected chi connectivity index (χ1v) is 7.24. The number of rotatable bonds is 4. The zero-order valence-electron chi connectivity index (χ0n) is 12.9. The molecule has 8 heteroatoms. The quantitative estimate of drug-likeness (QED) is 0.871. The fraction of sp³-hybridized carbons (Fsp3) is 0.333. The number of aryl methyl sites for hydroxylation is 1. The van der Waals surface area contributed by atoms with Crippen LogP contribution in [0.4, 0.5) is 11.6 Å². The van der Waals surface area contributed by atoms with E-state index in [0.29, 0.717) is 30.2 Å². The van der Waals surface area contributed by atoms with Gasteiger partial charge in [-0.3, -0.25) is 9.59 Å². The number of carbonyl (C=O) groups is 2. The molecule has 0 radical (unpaired) electrons. The van der Waals surface area contributed by atoms with E-state index in [0.717, 1.165) is 11.3 Å². The first-order chi connectivity index (χ1) is 11.0. The fourth-order valence-corrected chi connectivity index (χ4v) is 2.28. The number of anilines is 2. The lowest BCUT2D eigenvalue weighted by Crippen LogP contribution is -2.24. The number of fused-ring (bicyclic) bond motifs is 1. The topological polar surface area (TPSA) is 100 Å². The van der Waals surface area contributed by atoms with Gasteiger partial charge in [0.2, 0.25) is 11.8 Å². The van der Waals surface area contributed by atoms with Crippen molar-refractivity contribution in [2.75, 3.05) is 24.3 Å². The first-order valence-electron chi connectivity index (χ1n) is 7.24. The Kier molecular flexibility index (Phi) is 3.96. The van der Waals surface area contributed by atoms with Gasteiger partial charge in [0.25, 0.3) is 11.9 Å². The Balaban J connectivity index is 1.65. The summed E-state index contributed by atoms with van der Waals surface area (Å²) in [6, 6.07) is 5.22.